The van der Waals surface area contributed by atoms with E-state index in [4.69, 9.17) is 28.9 Å². The molecule has 0 aromatic heterocycles. The molecule has 0 amide bonds. The predicted octanol–water partition coefficient (Wildman–Crippen LogP) is 3.44. The van der Waals surface area contributed by atoms with Gasteiger partial charge in [-0.05, 0) is 42.9 Å². The first kappa shape index (κ1) is 10.3. The molecule has 1 fully saturated rings. The van der Waals surface area contributed by atoms with E-state index in [9.17, 15) is 0 Å². The van der Waals surface area contributed by atoms with Crippen molar-refractivity contribution in [3.8, 4) is 0 Å². The molecule has 1 aromatic rings. The first-order chi connectivity index (χ1) is 6.59. The van der Waals surface area contributed by atoms with E-state index in [1.807, 2.05) is 12.1 Å². The number of halogens is 2. The second-order valence-electron chi connectivity index (χ2n) is 4.03. The van der Waals surface area contributed by atoms with Gasteiger partial charge in [-0.15, -0.1) is 0 Å². The normalized spacial score (nSPS) is 27.4. The maximum Gasteiger partial charge on any atom is 0.0455 e. The molecule has 1 nitrogen and oxygen atoms in total. The quantitative estimate of drug-likeness (QED) is 0.827. The van der Waals surface area contributed by atoms with Crippen LogP contribution in [0.25, 0.3) is 0 Å². The number of nitrogens with two attached hydrogens (primary N) is 1. The molecule has 0 bridgehead atoms. The SMILES string of the molecule is C[C@H](N)[C@H]1C[C@H]1c1ccc(Cl)cc1Cl. The van der Waals surface area contributed by atoms with Crippen LogP contribution in [0.3, 0.4) is 0 Å². The van der Waals surface area contributed by atoms with Crippen molar-refractivity contribution in [3.63, 3.8) is 0 Å². The Labute approximate surface area is 94.2 Å². The van der Waals surface area contributed by atoms with Gasteiger partial charge in [0.25, 0.3) is 0 Å². The topological polar surface area (TPSA) is 26.0 Å². The minimum absolute atomic E-state index is 0.256. The highest BCUT2D eigenvalue weighted by Gasteiger charge is 2.41. The molecule has 0 spiro atoms. The molecule has 0 aliphatic heterocycles. The van der Waals surface area contributed by atoms with Gasteiger partial charge in [0.15, 0.2) is 0 Å². The van der Waals surface area contributed by atoms with Gasteiger partial charge in [0.2, 0.25) is 0 Å². The van der Waals surface area contributed by atoms with Gasteiger partial charge >= 0.3 is 0 Å². The van der Waals surface area contributed by atoms with Crippen LogP contribution in [0.1, 0.15) is 24.8 Å². The smallest absolute Gasteiger partial charge is 0.0455 e. The van der Waals surface area contributed by atoms with Gasteiger partial charge in [0, 0.05) is 16.1 Å². The van der Waals surface area contributed by atoms with Crippen molar-refractivity contribution in [3.05, 3.63) is 33.8 Å². The molecule has 76 valence electrons. The molecule has 1 aliphatic rings. The lowest BCUT2D eigenvalue weighted by Crippen LogP contribution is -2.17. The zero-order valence-corrected chi connectivity index (χ0v) is 9.52. The van der Waals surface area contributed by atoms with Crippen LogP contribution in [0, 0.1) is 5.92 Å². The van der Waals surface area contributed by atoms with E-state index in [1.165, 1.54) is 5.56 Å². The Bertz CT molecular complexity index is 349. The number of benzene rings is 1. The number of hydrogen-bond acceptors (Lipinski definition) is 1. The Morgan fingerprint density at radius 2 is 2.14 bits per heavy atom. The second kappa shape index (κ2) is 3.73. The summed E-state index contributed by atoms with van der Waals surface area (Å²) in [6.45, 7) is 2.05. The van der Waals surface area contributed by atoms with E-state index in [0.717, 1.165) is 11.4 Å². The minimum Gasteiger partial charge on any atom is -0.328 e. The fourth-order valence-electron chi connectivity index (χ4n) is 1.96. The van der Waals surface area contributed by atoms with E-state index in [2.05, 4.69) is 6.92 Å². The highest BCUT2D eigenvalue weighted by Crippen LogP contribution is 2.51. The van der Waals surface area contributed by atoms with Crippen molar-refractivity contribution in [2.24, 2.45) is 11.7 Å². The van der Waals surface area contributed by atoms with Crippen molar-refractivity contribution in [1.29, 1.82) is 0 Å². The standard InChI is InChI=1S/C11H13Cl2N/c1-6(14)9-5-10(9)8-3-2-7(12)4-11(8)13/h2-4,6,9-10H,5,14H2,1H3/t6-,9+,10-/m0/s1. The van der Waals surface area contributed by atoms with Gasteiger partial charge in [-0.25, -0.2) is 0 Å². The average Bonchev–Trinajstić information content (AvgIpc) is 2.83. The summed E-state index contributed by atoms with van der Waals surface area (Å²) in [5.74, 6) is 1.13. The lowest BCUT2D eigenvalue weighted by Gasteiger charge is -2.06. The molecule has 0 radical (unpaired) electrons. The summed E-state index contributed by atoms with van der Waals surface area (Å²) in [6.07, 6.45) is 1.15. The van der Waals surface area contributed by atoms with Crippen LogP contribution in [0.15, 0.2) is 18.2 Å². The molecule has 3 heteroatoms. The highest BCUT2D eigenvalue weighted by molar-refractivity contribution is 6.35. The van der Waals surface area contributed by atoms with E-state index in [0.29, 0.717) is 16.9 Å². The Balaban J connectivity index is 2.19. The average molecular weight is 230 g/mol. The number of hydrogen-bond donors (Lipinski definition) is 1. The molecule has 2 N–H and O–H groups in total. The van der Waals surface area contributed by atoms with Crippen LogP contribution in [-0.4, -0.2) is 6.04 Å². The van der Waals surface area contributed by atoms with Crippen LogP contribution in [0.2, 0.25) is 10.0 Å². The van der Waals surface area contributed by atoms with Gasteiger partial charge in [-0.3, -0.25) is 0 Å². The summed E-state index contributed by atoms with van der Waals surface area (Å²) in [6, 6.07) is 5.96. The molecule has 1 aromatic carbocycles. The molecule has 14 heavy (non-hydrogen) atoms. The van der Waals surface area contributed by atoms with Crippen LogP contribution in [0.4, 0.5) is 0 Å². The zero-order chi connectivity index (χ0) is 10.3. The lowest BCUT2D eigenvalue weighted by molar-refractivity contribution is 0.632. The number of rotatable bonds is 2. The Hall–Kier alpha value is -0.240. The summed E-state index contributed by atoms with van der Waals surface area (Å²) < 4.78 is 0. The third-order valence-corrected chi connectivity index (χ3v) is 3.44. The van der Waals surface area contributed by atoms with Crippen LogP contribution < -0.4 is 5.73 Å². The van der Waals surface area contributed by atoms with Crippen molar-refractivity contribution >= 4 is 23.2 Å². The largest absolute Gasteiger partial charge is 0.328 e. The molecule has 0 unspecified atom stereocenters. The summed E-state index contributed by atoms with van der Waals surface area (Å²) >= 11 is 11.9. The third-order valence-electron chi connectivity index (χ3n) is 2.88. The van der Waals surface area contributed by atoms with Crippen LogP contribution >= 0.6 is 23.2 Å². The monoisotopic (exact) mass is 229 g/mol. The van der Waals surface area contributed by atoms with Gasteiger partial charge in [0.1, 0.15) is 0 Å². The minimum atomic E-state index is 0.256. The molecular formula is C11H13Cl2N. The first-order valence-corrected chi connectivity index (χ1v) is 5.55. The molecule has 0 heterocycles. The van der Waals surface area contributed by atoms with Gasteiger partial charge in [0.05, 0.1) is 0 Å². The molecule has 2 rings (SSSR count). The summed E-state index contributed by atoms with van der Waals surface area (Å²) in [5.41, 5.74) is 7.03. The third kappa shape index (κ3) is 1.90. The molecular weight excluding hydrogens is 217 g/mol. The molecule has 0 saturated heterocycles. The zero-order valence-electron chi connectivity index (χ0n) is 8.00. The first-order valence-electron chi connectivity index (χ1n) is 4.80. The molecule has 3 atom stereocenters. The molecule has 1 aliphatic carbocycles. The molecule has 1 saturated carbocycles. The van der Waals surface area contributed by atoms with Gasteiger partial charge < -0.3 is 5.73 Å². The second-order valence-corrected chi connectivity index (χ2v) is 4.87. The van der Waals surface area contributed by atoms with E-state index in [1.54, 1.807) is 6.07 Å². The van der Waals surface area contributed by atoms with Gasteiger partial charge in [-0.1, -0.05) is 29.3 Å². The van der Waals surface area contributed by atoms with Crippen molar-refractivity contribution in [1.82, 2.24) is 0 Å². The van der Waals surface area contributed by atoms with E-state index >= 15 is 0 Å². The summed E-state index contributed by atoms with van der Waals surface area (Å²) in [7, 11) is 0. The van der Waals surface area contributed by atoms with E-state index in [-0.39, 0.29) is 6.04 Å². The maximum atomic E-state index is 6.11. The lowest BCUT2D eigenvalue weighted by atomic mass is 10.1. The fraction of sp³-hybridized carbons (Fsp3) is 0.455. The van der Waals surface area contributed by atoms with Crippen LogP contribution in [-0.2, 0) is 0 Å². The Morgan fingerprint density at radius 1 is 1.43 bits per heavy atom. The summed E-state index contributed by atoms with van der Waals surface area (Å²) in [5, 5.41) is 1.46. The Morgan fingerprint density at radius 3 is 2.64 bits per heavy atom. The van der Waals surface area contributed by atoms with E-state index < -0.39 is 0 Å². The van der Waals surface area contributed by atoms with Crippen molar-refractivity contribution in [2.45, 2.75) is 25.3 Å². The Kier molecular flexibility index (Phi) is 2.74. The maximum absolute atomic E-state index is 6.11. The summed E-state index contributed by atoms with van der Waals surface area (Å²) in [4.78, 5) is 0. The predicted molar refractivity (Wildman–Crippen MR) is 61.0 cm³/mol. The fourth-order valence-corrected chi connectivity index (χ4v) is 2.50. The van der Waals surface area contributed by atoms with Crippen molar-refractivity contribution < 1.29 is 0 Å². The highest BCUT2D eigenvalue weighted by atomic mass is 35.5. The van der Waals surface area contributed by atoms with Crippen molar-refractivity contribution in [2.75, 3.05) is 0 Å². The van der Waals surface area contributed by atoms with Gasteiger partial charge in [-0.2, -0.15) is 0 Å². The van der Waals surface area contributed by atoms with Crippen LogP contribution in [0.5, 0.6) is 0 Å².